The van der Waals surface area contributed by atoms with Crippen molar-refractivity contribution >= 4 is 11.6 Å². The number of nitrogen functional groups attached to an aromatic ring is 1. The summed E-state index contributed by atoms with van der Waals surface area (Å²) < 4.78 is 1.50. The van der Waals surface area contributed by atoms with Gasteiger partial charge < -0.3 is 11.1 Å². The first kappa shape index (κ1) is 13.5. The van der Waals surface area contributed by atoms with Gasteiger partial charge in [-0.3, -0.25) is 9.48 Å². The number of amides is 1. The summed E-state index contributed by atoms with van der Waals surface area (Å²) in [5, 5.41) is 6.95. The van der Waals surface area contributed by atoms with E-state index >= 15 is 0 Å². The van der Waals surface area contributed by atoms with Crippen molar-refractivity contribution in [2.24, 2.45) is 13.0 Å². The number of rotatable bonds is 5. The first-order valence-corrected chi connectivity index (χ1v) is 6.09. The molecule has 1 heterocycles. The lowest BCUT2D eigenvalue weighted by molar-refractivity contribution is 0.0916. The van der Waals surface area contributed by atoms with Gasteiger partial charge in [0, 0.05) is 13.1 Å². The van der Waals surface area contributed by atoms with Crippen LogP contribution < -0.4 is 11.1 Å². The van der Waals surface area contributed by atoms with Gasteiger partial charge in [0.1, 0.15) is 5.69 Å². The Labute approximate surface area is 102 Å². The molecule has 0 spiro atoms. The quantitative estimate of drug-likeness (QED) is 0.817. The van der Waals surface area contributed by atoms with E-state index in [0.717, 1.165) is 12.8 Å². The zero-order chi connectivity index (χ0) is 13.0. The summed E-state index contributed by atoms with van der Waals surface area (Å²) in [7, 11) is 1.72. The van der Waals surface area contributed by atoms with Crippen molar-refractivity contribution in [3.63, 3.8) is 0 Å². The van der Waals surface area contributed by atoms with Crippen LogP contribution in [0.4, 0.5) is 5.69 Å². The van der Waals surface area contributed by atoms with Crippen LogP contribution in [0.2, 0.25) is 0 Å². The zero-order valence-corrected chi connectivity index (χ0v) is 11.0. The smallest absolute Gasteiger partial charge is 0.271 e. The molecule has 3 N–H and O–H groups in total. The number of nitrogens with one attached hydrogen (secondary N) is 1. The molecule has 0 saturated carbocycles. The molecule has 17 heavy (non-hydrogen) atoms. The third-order valence-corrected chi connectivity index (χ3v) is 3.30. The lowest BCUT2D eigenvalue weighted by Crippen LogP contribution is -2.38. The minimum absolute atomic E-state index is 0.145. The molecule has 0 bridgehead atoms. The highest BCUT2D eigenvalue weighted by atomic mass is 16.2. The number of nitrogens with two attached hydrogens (primary N) is 1. The van der Waals surface area contributed by atoms with E-state index in [4.69, 9.17) is 5.73 Å². The summed E-state index contributed by atoms with van der Waals surface area (Å²) >= 11 is 0. The molecule has 0 radical (unpaired) electrons. The van der Waals surface area contributed by atoms with Crippen molar-refractivity contribution in [2.75, 3.05) is 5.73 Å². The van der Waals surface area contributed by atoms with Gasteiger partial charge in [-0.05, 0) is 12.8 Å². The van der Waals surface area contributed by atoms with Crippen LogP contribution in [0.5, 0.6) is 0 Å². The third-order valence-electron chi connectivity index (χ3n) is 3.30. The molecule has 5 heteroatoms. The summed E-state index contributed by atoms with van der Waals surface area (Å²) in [5.41, 5.74) is 6.57. The highest BCUT2D eigenvalue weighted by Crippen LogP contribution is 2.14. The Hall–Kier alpha value is -1.52. The summed E-state index contributed by atoms with van der Waals surface area (Å²) in [6.07, 6.45) is 3.61. The summed E-state index contributed by atoms with van der Waals surface area (Å²) in [6.45, 7) is 6.30. The van der Waals surface area contributed by atoms with Gasteiger partial charge in [-0.1, -0.05) is 26.7 Å². The molecule has 0 aliphatic heterocycles. The molecule has 1 amide bonds. The Kier molecular flexibility index (Phi) is 4.54. The van der Waals surface area contributed by atoms with Crippen molar-refractivity contribution < 1.29 is 4.79 Å². The van der Waals surface area contributed by atoms with Crippen LogP contribution in [0.3, 0.4) is 0 Å². The van der Waals surface area contributed by atoms with E-state index in [2.05, 4.69) is 24.3 Å². The SMILES string of the molecule is CCC(CC)C(C)NC(=O)c1c(N)cnn1C. The van der Waals surface area contributed by atoms with Gasteiger partial charge in [0.25, 0.3) is 5.91 Å². The molecule has 0 aliphatic rings. The number of aryl methyl sites for hydroxylation is 1. The van der Waals surface area contributed by atoms with Crippen LogP contribution in [0.1, 0.15) is 44.1 Å². The Balaban J connectivity index is 2.73. The molecule has 1 rings (SSSR count). The largest absolute Gasteiger partial charge is 0.396 e. The number of hydrogen-bond donors (Lipinski definition) is 2. The summed E-state index contributed by atoms with van der Waals surface area (Å²) in [5.74, 6) is 0.343. The molecule has 0 fully saturated rings. The van der Waals surface area contributed by atoms with E-state index in [1.165, 1.54) is 10.9 Å². The first-order chi connectivity index (χ1) is 8.01. The lowest BCUT2D eigenvalue weighted by atomic mass is 9.95. The Morgan fingerprint density at radius 3 is 2.53 bits per heavy atom. The summed E-state index contributed by atoms with van der Waals surface area (Å²) in [6, 6.07) is 0.145. The molecule has 1 aromatic heterocycles. The molecular formula is C12H22N4O. The van der Waals surface area contributed by atoms with Gasteiger partial charge in [0.2, 0.25) is 0 Å². The van der Waals surface area contributed by atoms with Crippen molar-refractivity contribution in [1.29, 1.82) is 0 Å². The predicted molar refractivity (Wildman–Crippen MR) is 68.6 cm³/mol. The average Bonchev–Trinajstić information content (AvgIpc) is 2.60. The van der Waals surface area contributed by atoms with Crippen LogP contribution in [0.15, 0.2) is 6.20 Å². The van der Waals surface area contributed by atoms with Gasteiger partial charge in [-0.25, -0.2) is 0 Å². The maximum absolute atomic E-state index is 12.0. The van der Waals surface area contributed by atoms with Crippen molar-refractivity contribution in [3.8, 4) is 0 Å². The van der Waals surface area contributed by atoms with Crippen molar-refractivity contribution in [1.82, 2.24) is 15.1 Å². The molecule has 0 aliphatic carbocycles. The minimum atomic E-state index is -0.151. The Bertz CT molecular complexity index is 362. The molecule has 1 atom stereocenters. The van der Waals surface area contributed by atoms with Crippen LogP contribution in [0.25, 0.3) is 0 Å². The average molecular weight is 238 g/mol. The van der Waals surface area contributed by atoms with Crippen molar-refractivity contribution in [2.45, 2.75) is 39.7 Å². The van der Waals surface area contributed by atoms with E-state index in [9.17, 15) is 4.79 Å². The standard InChI is InChI=1S/C12H22N4O/c1-5-9(6-2)8(3)15-12(17)11-10(13)7-14-16(11)4/h7-9H,5-6,13H2,1-4H3,(H,15,17). The molecule has 96 valence electrons. The maximum Gasteiger partial charge on any atom is 0.271 e. The van der Waals surface area contributed by atoms with Crippen LogP contribution >= 0.6 is 0 Å². The molecule has 0 saturated heterocycles. The highest BCUT2D eigenvalue weighted by molar-refractivity contribution is 5.97. The second-order valence-corrected chi connectivity index (χ2v) is 4.41. The van der Waals surface area contributed by atoms with Crippen LogP contribution in [0, 0.1) is 5.92 Å². The van der Waals surface area contributed by atoms with Gasteiger partial charge in [0.05, 0.1) is 11.9 Å². The first-order valence-electron chi connectivity index (χ1n) is 6.09. The molecular weight excluding hydrogens is 216 g/mol. The fraction of sp³-hybridized carbons (Fsp3) is 0.667. The van der Waals surface area contributed by atoms with Gasteiger partial charge in [-0.2, -0.15) is 5.10 Å². The zero-order valence-electron chi connectivity index (χ0n) is 11.0. The second-order valence-electron chi connectivity index (χ2n) is 4.41. The topological polar surface area (TPSA) is 72.9 Å². The summed E-state index contributed by atoms with van der Waals surface area (Å²) in [4.78, 5) is 12.0. The Morgan fingerprint density at radius 2 is 2.12 bits per heavy atom. The van der Waals surface area contributed by atoms with E-state index < -0.39 is 0 Å². The van der Waals surface area contributed by atoms with Gasteiger partial charge in [0.15, 0.2) is 0 Å². The number of carbonyl (C=O) groups is 1. The minimum Gasteiger partial charge on any atom is -0.396 e. The predicted octanol–water partition coefficient (Wildman–Crippen LogP) is 1.56. The van der Waals surface area contributed by atoms with Crippen molar-refractivity contribution in [3.05, 3.63) is 11.9 Å². The van der Waals surface area contributed by atoms with E-state index in [0.29, 0.717) is 17.3 Å². The van der Waals surface area contributed by atoms with Crippen LogP contribution in [-0.2, 0) is 7.05 Å². The lowest BCUT2D eigenvalue weighted by Gasteiger charge is -2.22. The fourth-order valence-corrected chi connectivity index (χ4v) is 2.12. The fourth-order valence-electron chi connectivity index (χ4n) is 2.12. The van der Waals surface area contributed by atoms with Gasteiger partial charge >= 0.3 is 0 Å². The maximum atomic E-state index is 12.0. The van der Waals surface area contributed by atoms with E-state index in [1.807, 2.05) is 6.92 Å². The molecule has 5 nitrogen and oxygen atoms in total. The Morgan fingerprint density at radius 1 is 1.53 bits per heavy atom. The monoisotopic (exact) mass is 238 g/mol. The number of hydrogen-bond acceptors (Lipinski definition) is 3. The van der Waals surface area contributed by atoms with E-state index in [1.54, 1.807) is 7.05 Å². The molecule has 1 aromatic rings. The number of aromatic nitrogens is 2. The second kappa shape index (κ2) is 5.70. The van der Waals surface area contributed by atoms with Crippen LogP contribution in [-0.4, -0.2) is 21.7 Å². The molecule has 0 aromatic carbocycles. The number of anilines is 1. The highest BCUT2D eigenvalue weighted by Gasteiger charge is 2.20. The van der Waals surface area contributed by atoms with E-state index in [-0.39, 0.29) is 11.9 Å². The normalized spacial score (nSPS) is 12.8. The number of nitrogens with zero attached hydrogens (tertiary/aromatic N) is 2. The third kappa shape index (κ3) is 2.99. The molecule has 1 unspecified atom stereocenters. The van der Waals surface area contributed by atoms with Gasteiger partial charge in [-0.15, -0.1) is 0 Å². The number of carbonyl (C=O) groups excluding carboxylic acids is 1.